The van der Waals surface area contributed by atoms with Crippen molar-refractivity contribution >= 4 is 5.91 Å². The van der Waals surface area contributed by atoms with Crippen LogP contribution < -0.4 is 5.73 Å². The lowest BCUT2D eigenvalue weighted by Gasteiger charge is -2.32. The van der Waals surface area contributed by atoms with Crippen LogP contribution in [0.1, 0.15) is 12.8 Å². The number of hydrogen-bond donors (Lipinski definition) is 1. The molecular formula is C9H17N3O. The fourth-order valence-electron chi connectivity index (χ4n) is 1.86. The molecule has 2 N–H and O–H groups in total. The standard InChI is InChI=1S/C9H17N3O/c10-8-2-5-11(6-8)7-9(13)12-3-1-4-12/h8H,1-7,10H2/t8-/m0/s1. The van der Waals surface area contributed by atoms with Gasteiger partial charge in [-0.15, -0.1) is 0 Å². The summed E-state index contributed by atoms with van der Waals surface area (Å²) in [6.45, 7) is 4.37. The van der Waals surface area contributed by atoms with E-state index in [9.17, 15) is 4.79 Å². The first-order valence-electron chi connectivity index (χ1n) is 5.01. The van der Waals surface area contributed by atoms with Crippen LogP contribution >= 0.6 is 0 Å². The molecule has 2 rings (SSSR count). The average molecular weight is 183 g/mol. The van der Waals surface area contributed by atoms with E-state index in [1.54, 1.807) is 0 Å². The number of carbonyl (C=O) groups excluding carboxylic acids is 1. The highest BCUT2D eigenvalue weighted by Gasteiger charge is 2.25. The van der Waals surface area contributed by atoms with E-state index < -0.39 is 0 Å². The molecule has 1 atom stereocenters. The van der Waals surface area contributed by atoms with E-state index >= 15 is 0 Å². The summed E-state index contributed by atoms with van der Waals surface area (Å²) in [5.41, 5.74) is 5.76. The molecule has 0 bridgehead atoms. The fraction of sp³-hybridized carbons (Fsp3) is 0.889. The monoisotopic (exact) mass is 183 g/mol. The summed E-state index contributed by atoms with van der Waals surface area (Å²) in [5.74, 6) is 0.278. The van der Waals surface area contributed by atoms with Gasteiger partial charge in [0.05, 0.1) is 6.54 Å². The fourth-order valence-corrected chi connectivity index (χ4v) is 1.86. The quantitative estimate of drug-likeness (QED) is 0.613. The molecule has 4 heteroatoms. The summed E-state index contributed by atoms with van der Waals surface area (Å²) in [6, 6.07) is 0.282. The Morgan fingerprint density at radius 3 is 2.62 bits per heavy atom. The zero-order chi connectivity index (χ0) is 9.26. The Morgan fingerprint density at radius 2 is 2.15 bits per heavy atom. The van der Waals surface area contributed by atoms with Crippen molar-refractivity contribution in [2.75, 3.05) is 32.7 Å². The van der Waals surface area contributed by atoms with Gasteiger partial charge in [0.25, 0.3) is 0 Å². The molecule has 1 amide bonds. The highest BCUT2D eigenvalue weighted by atomic mass is 16.2. The molecule has 74 valence electrons. The first kappa shape index (κ1) is 8.97. The second kappa shape index (κ2) is 3.64. The van der Waals surface area contributed by atoms with E-state index in [4.69, 9.17) is 5.73 Å². The number of carbonyl (C=O) groups is 1. The molecule has 0 aromatic rings. The Hall–Kier alpha value is -0.610. The molecule has 2 saturated heterocycles. The highest BCUT2D eigenvalue weighted by molar-refractivity contribution is 5.78. The number of hydrogen-bond acceptors (Lipinski definition) is 3. The predicted octanol–water partition coefficient (Wildman–Crippen LogP) is -0.748. The summed E-state index contributed by atoms with van der Waals surface area (Å²) < 4.78 is 0. The van der Waals surface area contributed by atoms with E-state index in [-0.39, 0.29) is 11.9 Å². The van der Waals surface area contributed by atoms with Gasteiger partial charge in [-0.25, -0.2) is 0 Å². The van der Waals surface area contributed by atoms with E-state index in [1.165, 1.54) is 6.42 Å². The largest absolute Gasteiger partial charge is 0.341 e. The summed E-state index contributed by atoms with van der Waals surface area (Å²) in [4.78, 5) is 15.6. The maximum absolute atomic E-state index is 11.5. The van der Waals surface area contributed by atoms with Crippen molar-refractivity contribution in [3.05, 3.63) is 0 Å². The maximum Gasteiger partial charge on any atom is 0.236 e. The summed E-state index contributed by atoms with van der Waals surface area (Å²) in [6.07, 6.45) is 2.21. The molecule has 0 unspecified atom stereocenters. The van der Waals surface area contributed by atoms with Crippen LogP contribution in [0.15, 0.2) is 0 Å². The van der Waals surface area contributed by atoms with Crippen molar-refractivity contribution in [1.82, 2.24) is 9.80 Å². The molecule has 2 fully saturated rings. The van der Waals surface area contributed by atoms with Gasteiger partial charge in [-0.3, -0.25) is 9.69 Å². The Balaban J connectivity index is 1.74. The normalized spacial score (nSPS) is 29.0. The molecular weight excluding hydrogens is 166 g/mol. The van der Waals surface area contributed by atoms with Crippen molar-refractivity contribution in [1.29, 1.82) is 0 Å². The average Bonchev–Trinajstić information content (AvgIpc) is 2.31. The highest BCUT2D eigenvalue weighted by Crippen LogP contribution is 2.10. The Bertz CT molecular complexity index is 203. The molecule has 0 aliphatic carbocycles. The number of nitrogens with two attached hydrogens (primary N) is 1. The second-order valence-electron chi connectivity index (χ2n) is 4.02. The van der Waals surface area contributed by atoms with Crippen LogP contribution in [-0.2, 0) is 4.79 Å². The van der Waals surface area contributed by atoms with Crippen molar-refractivity contribution in [3.63, 3.8) is 0 Å². The molecule has 0 aromatic carbocycles. The van der Waals surface area contributed by atoms with Crippen molar-refractivity contribution in [2.45, 2.75) is 18.9 Å². The zero-order valence-electron chi connectivity index (χ0n) is 7.91. The Labute approximate surface area is 78.7 Å². The minimum Gasteiger partial charge on any atom is -0.341 e. The number of nitrogens with zero attached hydrogens (tertiary/aromatic N) is 2. The van der Waals surface area contributed by atoms with Gasteiger partial charge >= 0.3 is 0 Å². The summed E-state index contributed by atoms with van der Waals surface area (Å²) in [5, 5.41) is 0. The van der Waals surface area contributed by atoms with Gasteiger partial charge in [-0.05, 0) is 12.8 Å². The van der Waals surface area contributed by atoms with Gasteiger partial charge in [0.1, 0.15) is 0 Å². The topological polar surface area (TPSA) is 49.6 Å². The van der Waals surface area contributed by atoms with Gasteiger partial charge in [0.2, 0.25) is 5.91 Å². The first-order chi connectivity index (χ1) is 6.25. The number of amides is 1. The molecule has 0 aromatic heterocycles. The minimum absolute atomic E-state index is 0.278. The van der Waals surface area contributed by atoms with E-state index in [2.05, 4.69) is 4.90 Å². The summed E-state index contributed by atoms with van der Waals surface area (Å²) in [7, 11) is 0. The number of rotatable bonds is 2. The van der Waals surface area contributed by atoms with Gasteiger partial charge in [0, 0.05) is 32.2 Å². The third kappa shape index (κ3) is 2.00. The second-order valence-corrected chi connectivity index (χ2v) is 4.02. The van der Waals surface area contributed by atoms with Crippen LogP contribution in [0.5, 0.6) is 0 Å². The lowest BCUT2D eigenvalue weighted by Crippen LogP contribution is -2.47. The van der Waals surface area contributed by atoms with Crippen molar-refractivity contribution < 1.29 is 4.79 Å². The molecule has 2 heterocycles. The van der Waals surface area contributed by atoms with E-state index in [1.807, 2.05) is 4.90 Å². The smallest absolute Gasteiger partial charge is 0.236 e. The number of likely N-dealkylation sites (tertiary alicyclic amines) is 2. The Morgan fingerprint density at radius 1 is 1.38 bits per heavy atom. The van der Waals surface area contributed by atoms with Crippen LogP contribution in [0.2, 0.25) is 0 Å². The van der Waals surface area contributed by atoms with Gasteiger partial charge in [-0.1, -0.05) is 0 Å². The minimum atomic E-state index is 0.278. The van der Waals surface area contributed by atoms with Crippen LogP contribution in [0.25, 0.3) is 0 Å². The summed E-state index contributed by atoms with van der Waals surface area (Å²) >= 11 is 0. The predicted molar refractivity (Wildman–Crippen MR) is 50.2 cm³/mol. The van der Waals surface area contributed by atoms with Crippen molar-refractivity contribution in [2.24, 2.45) is 5.73 Å². The maximum atomic E-state index is 11.5. The molecule has 4 nitrogen and oxygen atoms in total. The Kier molecular flexibility index (Phi) is 2.51. The SMILES string of the molecule is N[C@H]1CCN(CC(=O)N2CCC2)C1. The molecule has 0 spiro atoms. The van der Waals surface area contributed by atoms with Gasteiger partial charge < -0.3 is 10.6 Å². The first-order valence-corrected chi connectivity index (χ1v) is 5.01. The van der Waals surface area contributed by atoms with Crippen molar-refractivity contribution in [3.8, 4) is 0 Å². The van der Waals surface area contributed by atoms with Gasteiger partial charge in [0.15, 0.2) is 0 Å². The van der Waals surface area contributed by atoms with E-state index in [0.717, 1.165) is 32.6 Å². The van der Waals surface area contributed by atoms with E-state index in [0.29, 0.717) is 6.54 Å². The van der Waals surface area contributed by atoms with Crippen LogP contribution in [0.4, 0.5) is 0 Å². The molecule has 13 heavy (non-hydrogen) atoms. The third-order valence-electron chi connectivity index (χ3n) is 2.88. The zero-order valence-corrected chi connectivity index (χ0v) is 7.91. The molecule has 2 aliphatic rings. The lowest BCUT2D eigenvalue weighted by molar-refractivity contribution is -0.135. The molecule has 0 saturated carbocycles. The van der Waals surface area contributed by atoms with Crippen LogP contribution in [0, 0.1) is 0 Å². The van der Waals surface area contributed by atoms with Crippen LogP contribution in [0.3, 0.4) is 0 Å². The third-order valence-corrected chi connectivity index (χ3v) is 2.88. The lowest BCUT2D eigenvalue weighted by atomic mass is 10.2. The van der Waals surface area contributed by atoms with Crippen LogP contribution in [-0.4, -0.2) is 54.5 Å². The molecule has 0 radical (unpaired) electrons. The molecule has 2 aliphatic heterocycles. The van der Waals surface area contributed by atoms with Gasteiger partial charge in [-0.2, -0.15) is 0 Å².